The van der Waals surface area contributed by atoms with E-state index in [0.29, 0.717) is 24.9 Å². The van der Waals surface area contributed by atoms with E-state index in [1.165, 1.54) is 38.5 Å². The molecule has 0 aromatic heterocycles. The first-order valence-electron chi connectivity index (χ1n) is 15.0. The molecule has 0 spiro atoms. The lowest BCUT2D eigenvalue weighted by Gasteiger charge is -2.24. The second-order valence-corrected chi connectivity index (χ2v) is 11.7. The predicted molar refractivity (Wildman–Crippen MR) is 150 cm³/mol. The Balaban J connectivity index is 1.67. The zero-order valence-electron chi connectivity index (χ0n) is 24.8. The number of carbonyl (C=O) groups is 4. The molecule has 10 heteroatoms. The minimum atomic E-state index is -0.757. The fraction of sp³-hybridized carbons (Fsp3) is 0.800. The molecule has 0 heterocycles. The maximum Gasteiger partial charge on any atom is 0.407 e. The molecular formula is C30H50N2O8. The van der Waals surface area contributed by atoms with E-state index in [1.54, 1.807) is 0 Å². The van der Waals surface area contributed by atoms with Crippen LogP contribution in [0.3, 0.4) is 0 Å². The number of nitrogens with one attached hydrogen (secondary N) is 2. The number of hydrogen-bond acceptors (Lipinski definition) is 8. The molecule has 0 aromatic rings. The molecule has 0 radical (unpaired) electrons. The standard InChI is InChI=1S/C30H50N2O8/c1-21(2)25(39-29(35)31-17-23-11-7-5-8-12-23)19-37-27(33)15-16-28(34)38-20-26(22(3)4)40-30(36)32-18-24-13-9-6-10-14-24/h15-16,21-26H,5-14,17-20H2,1-4H3,(H,31,35)(H,32,36)/b16-15+/t25-,26-/m0/s1. The zero-order valence-corrected chi connectivity index (χ0v) is 24.8. The molecule has 0 aromatic carbocycles. The maximum atomic E-state index is 12.2. The molecule has 0 aliphatic heterocycles. The van der Waals surface area contributed by atoms with Gasteiger partial charge < -0.3 is 29.6 Å². The summed E-state index contributed by atoms with van der Waals surface area (Å²) in [5.41, 5.74) is 0. The van der Waals surface area contributed by atoms with Gasteiger partial charge in [0, 0.05) is 25.2 Å². The van der Waals surface area contributed by atoms with Crippen molar-refractivity contribution in [2.24, 2.45) is 23.7 Å². The van der Waals surface area contributed by atoms with Gasteiger partial charge in [-0.2, -0.15) is 0 Å². The van der Waals surface area contributed by atoms with Gasteiger partial charge in [0.05, 0.1) is 0 Å². The van der Waals surface area contributed by atoms with Crippen LogP contribution in [0.25, 0.3) is 0 Å². The predicted octanol–water partition coefficient (Wildman–Crippen LogP) is 5.29. The van der Waals surface area contributed by atoms with Crippen LogP contribution in [0.5, 0.6) is 0 Å². The van der Waals surface area contributed by atoms with Crippen LogP contribution in [-0.4, -0.2) is 62.6 Å². The van der Waals surface area contributed by atoms with Gasteiger partial charge in [-0.05, 0) is 49.4 Å². The van der Waals surface area contributed by atoms with Gasteiger partial charge >= 0.3 is 24.1 Å². The van der Waals surface area contributed by atoms with Crippen molar-refractivity contribution in [2.45, 2.75) is 104 Å². The largest absolute Gasteiger partial charge is 0.459 e. The van der Waals surface area contributed by atoms with Crippen LogP contribution >= 0.6 is 0 Å². The lowest BCUT2D eigenvalue weighted by molar-refractivity contribution is -0.144. The summed E-state index contributed by atoms with van der Waals surface area (Å²) in [6.07, 6.45) is 11.3. The van der Waals surface area contributed by atoms with Gasteiger partial charge in [-0.15, -0.1) is 0 Å². The van der Waals surface area contributed by atoms with E-state index < -0.39 is 36.3 Å². The highest BCUT2D eigenvalue weighted by Gasteiger charge is 2.23. The van der Waals surface area contributed by atoms with Gasteiger partial charge in [0.1, 0.15) is 25.4 Å². The highest BCUT2D eigenvalue weighted by Crippen LogP contribution is 2.23. The minimum Gasteiger partial charge on any atom is -0.459 e. The molecule has 2 N–H and O–H groups in total. The van der Waals surface area contributed by atoms with Crippen molar-refractivity contribution in [1.29, 1.82) is 0 Å². The summed E-state index contributed by atoms with van der Waals surface area (Å²) in [6, 6.07) is 0. The summed E-state index contributed by atoms with van der Waals surface area (Å²) in [7, 11) is 0. The SMILES string of the molecule is CC(C)[C@H](COC(=O)/C=C/C(=O)OC[C@H](OC(=O)NCC1CCCCC1)C(C)C)OC(=O)NCC1CCCCC1. The molecule has 2 atom stereocenters. The molecule has 2 aliphatic rings. The summed E-state index contributed by atoms with van der Waals surface area (Å²) < 4.78 is 21.3. The number of alkyl carbamates (subject to hydrolysis) is 2. The van der Waals surface area contributed by atoms with Crippen molar-refractivity contribution in [2.75, 3.05) is 26.3 Å². The molecule has 2 saturated carbocycles. The molecule has 0 unspecified atom stereocenters. The van der Waals surface area contributed by atoms with Gasteiger partial charge in [0.2, 0.25) is 0 Å². The van der Waals surface area contributed by atoms with E-state index in [4.69, 9.17) is 18.9 Å². The molecule has 0 bridgehead atoms. The summed E-state index contributed by atoms with van der Waals surface area (Å²) in [6.45, 7) is 8.36. The van der Waals surface area contributed by atoms with E-state index in [1.807, 2.05) is 27.7 Å². The molecule has 2 aliphatic carbocycles. The zero-order chi connectivity index (χ0) is 29.3. The summed E-state index contributed by atoms with van der Waals surface area (Å²) in [5.74, 6) is -0.704. The van der Waals surface area contributed by atoms with E-state index >= 15 is 0 Å². The van der Waals surface area contributed by atoms with Gasteiger partial charge in [0.15, 0.2) is 0 Å². The Bertz CT molecular complexity index is 751. The van der Waals surface area contributed by atoms with Gasteiger partial charge in [-0.25, -0.2) is 19.2 Å². The van der Waals surface area contributed by atoms with Gasteiger partial charge in [0.25, 0.3) is 0 Å². The molecular weight excluding hydrogens is 516 g/mol. The van der Waals surface area contributed by atoms with Crippen molar-refractivity contribution >= 4 is 24.1 Å². The molecule has 0 saturated heterocycles. The number of carbonyl (C=O) groups excluding carboxylic acids is 4. The van der Waals surface area contributed by atoms with Crippen LogP contribution in [0.15, 0.2) is 12.2 Å². The van der Waals surface area contributed by atoms with Crippen LogP contribution in [0, 0.1) is 23.7 Å². The monoisotopic (exact) mass is 566 g/mol. The van der Waals surface area contributed by atoms with Crippen molar-refractivity contribution in [3.63, 3.8) is 0 Å². The Kier molecular flexibility index (Phi) is 15.5. The summed E-state index contributed by atoms with van der Waals surface area (Å²) in [4.78, 5) is 48.7. The molecule has 2 fully saturated rings. The van der Waals surface area contributed by atoms with Crippen molar-refractivity contribution < 1.29 is 38.1 Å². The average molecular weight is 567 g/mol. The third-order valence-corrected chi connectivity index (χ3v) is 7.66. The smallest absolute Gasteiger partial charge is 0.407 e. The number of ether oxygens (including phenoxy) is 4. The van der Waals surface area contributed by atoms with E-state index in [2.05, 4.69) is 10.6 Å². The minimum absolute atomic E-state index is 0.0741. The first-order chi connectivity index (χ1) is 19.1. The van der Waals surface area contributed by atoms with E-state index in [0.717, 1.165) is 37.8 Å². The quantitative estimate of drug-likeness (QED) is 0.165. The molecule has 228 valence electrons. The Morgan fingerprint density at radius 1 is 0.625 bits per heavy atom. The van der Waals surface area contributed by atoms with Crippen LogP contribution in [0.4, 0.5) is 9.59 Å². The number of esters is 2. The Morgan fingerprint density at radius 3 is 1.30 bits per heavy atom. The lowest BCUT2D eigenvalue weighted by atomic mass is 9.89. The highest BCUT2D eigenvalue weighted by molar-refractivity contribution is 5.91. The fourth-order valence-corrected chi connectivity index (χ4v) is 4.88. The Labute approximate surface area is 239 Å². The van der Waals surface area contributed by atoms with Crippen LogP contribution in [-0.2, 0) is 28.5 Å². The molecule has 10 nitrogen and oxygen atoms in total. The van der Waals surface area contributed by atoms with Crippen LogP contribution in [0.2, 0.25) is 0 Å². The Morgan fingerprint density at radius 2 is 0.975 bits per heavy atom. The van der Waals surface area contributed by atoms with Gasteiger partial charge in [-0.3, -0.25) is 0 Å². The molecule has 2 amide bonds. The number of hydrogen-bond donors (Lipinski definition) is 2. The number of amides is 2. The normalized spacial score (nSPS) is 18.2. The second kappa shape index (κ2) is 18.5. The second-order valence-electron chi connectivity index (χ2n) is 11.7. The van der Waals surface area contributed by atoms with Crippen molar-refractivity contribution in [1.82, 2.24) is 10.6 Å². The van der Waals surface area contributed by atoms with Crippen molar-refractivity contribution in [3.05, 3.63) is 12.2 Å². The summed E-state index contributed by atoms with van der Waals surface area (Å²) in [5, 5.41) is 5.64. The first-order valence-corrected chi connectivity index (χ1v) is 15.0. The van der Waals surface area contributed by atoms with E-state index in [9.17, 15) is 19.2 Å². The van der Waals surface area contributed by atoms with E-state index in [-0.39, 0.29) is 25.0 Å². The van der Waals surface area contributed by atoms with Gasteiger partial charge in [-0.1, -0.05) is 66.2 Å². The third kappa shape index (κ3) is 14.0. The molecule has 40 heavy (non-hydrogen) atoms. The van der Waals surface area contributed by atoms with Crippen LogP contribution < -0.4 is 10.6 Å². The molecule has 2 rings (SSSR count). The number of rotatable bonds is 14. The fourth-order valence-electron chi connectivity index (χ4n) is 4.88. The average Bonchev–Trinajstić information content (AvgIpc) is 2.94. The first kappa shape index (κ1) is 33.4. The topological polar surface area (TPSA) is 129 Å². The van der Waals surface area contributed by atoms with Crippen molar-refractivity contribution in [3.8, 4) is 0 Å². The third-order valence-electron chi connectivity index (χ3n) is 7.66. The maximum absolute atomic E-state index is 12.2. The summed E-state index contributed by atoms with van der Waals surface area (Å²) >= 11 is 0. The Hall–Kier alpha value is -2.78. The lowest BCUT2D eigenvalue weighted by Crippen LogP contribution is -2.37. The highest BCUT2D eigenvalue weighted by atomic mass is 16.6. The van der Waals surface area contributed by atoms with Crippen LogP contribution in [0.1, 0.15) is 91.9 Å².